The van der Waals surface area contributed by atoms with Crippen LogP contribution in [0.15, 0.2) is 34.7 Å². The van der Waals surface area contributed by atoms with Crippen LogP contribution in [0, 0.1) is 17.1 Å². The van der Waals surface area contributed by atoms with Crippen molar-refractivity contribution in [1.82, 2.24) is 20.5 Å². The van der Waals surface area contributed by atoms with Gasteiger partial charge >= 0.3 is 0 Å². The summed E-state index contributed by atoms with van der Waals surface area (Å²) in [6.07, 6.45) is 5.42. The molecule has 10 heteroatoms. The van der Waals surface area contributed by atoms with Crippen LogP contribution in [0.25, 0.3) is 0 Å². The molecule has 0 aromatic heterocycles. The summed E-state index contributed by atoms with van der Waals surface area (Å²) < 4.78 is 13.7. The lowest BCUT2D eigenvalue weighted by atomic mass is 10.0. The zero-order valence-electron chi connectivity index (χ0n) is 18.3. The Morgan fingerprint density at radius 3 is 2.72 bits per heavy atom. The van der Waals surface area contributed by atoms with Crippen molar-refractivity contribution < 1.29 is 9.18 Å². The second-order valence-electron chi connectivity index (χ2n) is 8.54. The lowest BCUT2D eigenvalue weighted by Gasteiger charge is -2.37. The van der Waals surface area contributed by atoms with E-state index in [0.717, 1.165) is 43.6 Å². The summed E-state index contributed by atoms with van der Waals surface area (Å²) in [5.41, 5.74) is 1.25. The van der Waals surface area contributed by atoms with E-state index in [0.29, 0.717) is 23.1 Å². The van der Waals surface area contributed by atoms with Gasteiger partial charge in [0.1, 0.15) is 17.7 Å². The summed E-state index contributed by atoms with van der Waals surface area (Å²) in [4.78, 5) is 15.3. The summed E-state index contributed by atoms with van der Waals surface area (Å²) in [7, 11) is 3.58. The van der Waals surface area contributed by atoms with Gasteiger partial charge in [0.15, 0.2) is 5.84 Å². The first kappa shape index (κ1) is 22.4. The van der Waals surface area contributed by atoms with Crippen LogP contribution in [0.1, 0.15) is 25.7 Å². The van der Waals surface area contributed by atoms with E-state index in [-0.39, 0.29) is 17.9 Å². The summed E-state index contributed by atoms with van der Waals surface area (Å²) >= 11 is 5.97. The lowest BCUT2D eigenvalue weighted by molar-refractivity contribution is -0.123. The molecule has 2 aliphatic heterocycles. The third-order valence-electron chi connectivity index (χ3n) is 6.08. The van der Waals surface area contributed by atoms with Crippen molar-refractivity contribution in [3.05, 3.63) is 40.4 Å². The van der Waals surface area contributed by atoms with E-state index in [1.54, 1.807) is 19.3 Å². The molecule has 1 saturated heterocycles. The van der Waals surface area contributed by atoms with Crippen LogP contribution in [0.3, 0.4) is 0 Å². The number of nitrogens with one attached hydrogen (secondary N) is 4. The number of anilines is 1. The van der Waals surface area contributed by atoms with Gasteiger partial charge in [-0.3, -0.25) is 15.2 Å². The molecule has 1 aromatic rings. The number of hydrogen-bond donors (Lipinski definition) is 4. The molecule has 2 atom stereocenters. The van der Waals surface area contributed by atoms with Gasteiger partial charge in [0.25, 0.3) is 0 Å². The van der Waals surface area contributed by atoms with Crippen molar-refractivity contribution in [2.75, 3.05) is 32.5 Å². The summed E-state index contributed by atoms with van der Waals surface area (Å²) in [6, 6.07) is 3.79. The van der Waals surface area contributed by atoms with E-state index < -0.39 is 11.9 Å². The predicted octanol–water partition coefficient (Wildman–Crippen LogP) is 2.59. The molecule has 0 unspecified atom stereocenters. The first-order chi connectivity index (χ1) is 15.4. The van der Waals surface area contributed by atoms with Crippen molar-refractivity contribution in [3.8, 4) is 0 Å². The minimum atomic E-state index is -0.433. The molecule has 2 heterocycles. The highest BCUT2D eigenvalue weighted by Gasteiger charge is 2.37. The van der Waals surface area contributed by atoms with Crippen LogP contribution in [0.4, 0.5) is 10.1 Å². The van der Waals surface area contributed by atoms with Gasteiger partial charge < -0.3 is 20.9 Å². The zero-order chi connectivity index (χ0) is 22.8. The Morgan fingerprint density at radius 2 is 2.09 bits per heavy atom. The van der Waals surface area contributed by atoms with E-state index in [9.17, 15) is 9.18 Å². The first-order valence-electron chi connectivity index (χ1n) is 10.9. The highest BCUT2D eigenvalue weighted by atomic mass is 35.5. The number of likely N-dealkylation sites (tertiary alicyclic amines) is 1. The minimum Gasteiger partial charge on any atom is -0.374 e. The molecular weight excluding hydrogens is 433 g/mol. The monoisotopic (exact) mass is 461 g/mol. The van der Waals surface area contributed by atoms with Gasteiger partial charge in [-0.15, -0.1) is 0 Å². The molecule has 0 spiro atoms. The number of hydrazone groups is 1. The van der Waals surface area contributed by atoms with Crippen molar-refractivity contribution in [2.45, 2.75) is 37.8 Å². The van der Waals surface area contributed by atoms with Gasteiger partial charge in [-0.1, -0.05) is 11.6 Å². The normalized spacial score (nSPS) is 23.2. The Bertz CT molecular complexity index is 941. The predicted molar refractivity (Wildman–Crippen MR) is 124 cm³/mol. The fraction of sp³-hybridized carbons (Fsp3) is 0.500. The van der Waals surface area contributed by atoms with Crippen molar-refractivity contribution in [3.63, 3.8) is 0 Å². The third kappa shape index (κ3) is 4.98. The van der Waals surface area contributed by atoms with E-state index >= 15 is 0 Å². The van der Waals surface area contributed by atoms with Gasteiger partial charge in [-0.05, 0) is 49.8 Å². The van der Waals surface area contributed by atoms with Crippen LogP contribution in [-0.4, -0.2) is 67.1 Å². The zero-order valence-corrected chi connectivity index (χ0v) is 19.0. The molecule has 3 aliphatic rings. The maximum Gasteiger partial charge on any atom is 0.243 e. The molecule has 1 saturated carbocycles. The average Bonchev–Trinajstić information content (AvgIpc) is 3.53. The maximum atomic E-state index is 13.7. The molecule has 1 amide bonds. The van der Waals surface area contributed by atoms with Gasteiger partial charge in [-0.2, -0.15) is 5.10 Å². The number of amidine groups is 1. The molecule has 32 heavy (non-hydrogen) atoms. The molecule has 172 valence electrons. The molecule has 4 rings (SSSR count). The van der Waals surface area contributed by atoms with E-state index in [1.807, 2.05) is 7.05 Å². The highest BCUT2D eigenvalue weighted by molar-refractivity contribution is 6.30. The number of benzene rings is 1. The number of rotatable bonds is 7. The number of halogens is 2. The molecule has 0 radical (unpaired) electrons. The van der Waals surface area contributed by atoms with Gasteiger partial charge in [0.05, 0.1) is 11.8 Å². The number of nitrogens with zero attached hydrogens (tertiary/aromatic N) is 3. The number of hydrogen-bond acceptors (Lipinski definition) is 6. The summed E-state index contributed by atoms with van der Waals surface area (Å²) in [5.74, 6) is 0.906. The smallest absolute Gasteiger partial charge is 0.243 e. The van der Waals surface area contributed by atoms with Crippen LogP contribution < -0.4 is 16.0 Å². The summed E-state index contributed by atoms with van der Waals surface area (Å²) in [5, 5.41) is 23.8. The van der Waals surface area contributed by atoms with Crippen molar-refractivity contribution >= 4 is 35.2 Å². The molecule has 2 fully saturated rings. The van der Waals surface area contributed by atoms with Gasteiger partial charge in [-0.25, -0.2) is 4.39 Å². The Kier molecular flexibility index (Phi) is 6.55. The Morgan fingerprint density at radius 1 is 1.31 bits per heavy atom. The molecular formula is C22H29ClFN7O. The van der Waals surface area contributed by atoms with E-state index in [2.05, 4.69) is 26.0 Å². The van der Waals surface area contributed by atoms with Gasteiger partial charge in [0, 0.05) is 43.9 Å². The quantitative estimate of drug-likeness (QED) is 0.500. The fourth-order valence-electron chi connectivity index (χ4n) is 4.31. The highest BCUT2D eigenvalue weighted by Crippen LogP contribution is 2.35. The lowest BCUT2D eigenvalue weighted by Crippen LogP contribution is -2.52. The fourth-order valence-corrected chi connectivity index (χ4v) is 4.53. The standard InChI is InChI=1S/C22H29ClFN7O/c1-26-21(18-11-27-30(2)20(18)25)31-7-3-4-16(12-31)29-22(32)19(13-5-6-13)28-17-9-14(23)8-15(24)10-17/h8-11,13,16,19,25-26,28H,3-7,12H2,1-2H3,(H,29,32)/b21-18+,25-20?/t16-,19-/m1/s1. The summed E-state index contributed by atoms with van der Waals surface area (Å²) in [6.45, 7) is 1.47. The Labute approximate surface area is 192 Å². The van der Waals surface area contributed by atoms with Gasteiger partial charge in [0.2, 0.25) is 5.91 Å². The Hall–Kier alpha value is -2.81. The topological polar surface area (TPSA) is 95.8 Å². The van der Waals surface area contributed by atoms with Crippen molar-refractivity contribution in [1.29, 1.82) is 5.41 Å². The average molecular weight is 462 g/mol. The van der Waals surface area contributed by atoms with Crippen LogP contribution in [0.5, 0.6) is 0 Å². The third-order valence-corrected chi connectivity index (χ3v) is 6.29. The number of amides is 1. The Balaban J connectivity index is 1.43. The largest absolute Gasteiger partial charge is 0.374 e. The van der Waals surface area contributed by atoms with Crippen molar-refractivity contribution in [2.24, 2.45) is 11.0 Å². The second kappa shape index (κ2) is 9.36. The molecule has 4 N–H and O–H groups in total. The number of likely N-dealkylation sites (N-methyl/N-ethyl adjacent to an activating group) is 1. The SMILES string of the molecule is CN/C(=C1/C=NN(C)C1=N)N1CCC[C@@H](NC(=O)[C@H](Nc2cc(F)cc(Cl)c2)C2CC2)C1. The van der Waals surface area contributed by atoms with Crippen LogP contribution >= 0.6 is 11.6 Å². The molecule has 1 aliphatic carbocycles. The van der Waals surface area contributed by atoms with E-state index in [4.69, 9.17) is 17.0 Å². The van der Waals surface area contributed by atoms with Crippen LogP contribution in [-0.2, 0) is 4.79 Å². The number of carbonyl (C=O) groups is 1. The molecule has 0 bridgehead atoms. The van der Waals surface area contributed by atoms with Crippen LogP contribution in [0.2, 0.25) is 5.02 Å². The number of piperidine rings is 1. The second-order valence-corrected chi connectivity index (χ2v) is 8.98. The first-order valence-corrected chi connectivity index (χ1v) is 11.3. The maximum absolute atomic E-state index is 13.7. The van der Waals surface area contributed by atoms with E-state index in [1.165, 1.54) is 17.1 Å². The molecule has 8 nitrogen and oxygen atoms in total. The molecule has 1 aromatic carbocycles. The number of carbonyl (C=O) groups excluding carboxylic acids is 1. The minimum absolute atomic E-state index is 0.0235.